The first-order chi connectivity index (χ1) is 8.18. The van der Waals surface area contributed by atoms with Crippen LogP contribution in [0.4, 0.5) is 0 Å². The highest BCUT2D eigenvalue weighted by Gasteiger charge is 2.19. The van der Waals surface area contributed by atoms with Crippen molar-refractivity contribution in [2.45, 2.75) is 49.0 Å². The first-order valence-corrected chi connectivity index (χ1v) is 6.45. The molecule has 0 N–H and O–H groups in total. The first-order valence-electron chi connectivity index (χ1n) is 6.45. The summed E-state index contributed by atoms with van der Waals surface area (Å²) in [6.45, 7) is 12.0. The molecule has 5 heteroatoms. The molecule has 0 unspecified atom stereocenters. The second kappa shape index (κ2) is 14.9. The van der Waals surface area contributed by atoms with E-state index in [0.29, 0.717) is 11.8 Å². The normalized spacial score (nSPS) is 12.3. The summed E-state index contributed by atoms with van der Waals surface area (Å²) in [6.07, 6.45) is 0.991. The molecule has 0 radical (unpaired) electrons. The Bertz CT molecular complexity index is 245. The van der Waals surface area contributed by atoms with Gasteiger partial charge in [0.05, 0.1) is 7.11 Å². The van der Waals surface area contributed by atoms with Gasteiger partial charge in [-0.2, -0.15) is 13.5 Å². The van der Waals surface area contributed by atoms with Crippen molar-refractivity contribution in [2.24, 2.45) is 23.7 Å². The number of carbonyl (C=O) groups excluding carboxylic acids is 2. The molecule has 0 aromatic heterocycles. The molecule has 0 saturated heterocycles. The average molecular weight is 310 g/mol. The fourth-order valence-corrected chi connectivity index (χ4v) is 0.819. The number of aldehydes is 1. The lowest BCUT2D eigenvalue weighted by Gasteiger charge is -2.20. The Balaban J connectivity index is -0.000000126. The van der Waals surface area contributed by atoms with Gasteiger partial charge in [0.15, 0.2) is 0 Å². The van der Waals surface area contributed by atoms with Crippen LogP contribution in [0.25, 0.3) is 0 Å². The predicted molar refractivity (Wildman–Crippen MR) is 91.0 cm³/mol. The topological polar surface area (TPSA) is 46.6 Å². The third-order valence-electron chi connectivity index (χ3n) is 3.24. The van der Waals surface area contributed by atoms with Gasteiger partial charge in [-0.1, -0.05) is 49.0 Å². The quantitative estimate of drug-likeness (QED) is 0.576. The Hall–Kier alpha value is -0.550. The van der Waals surface area contributed by atoms with Crippen LogP contribution >= 0.6 is 13.5 Å². The molecule has 0 aliphatic rings. The molecule has 0 spiro atoms. The second-order valence-corrected chi connectivity index (χ2v) is 5.29. The monoisotopic (exact) mass is 309 g/mol. The van der Waals surface area contributed by atoms with Gasteiger partial charge in [-0.25, -0.2) is 5.06 Å². The molecule has 20 heavy (non-hydrogen) atoms. The van der Waals surface area contributed by atoms with Crippen LogP contribution < -0.4 is 0 Å². The second-order valence-electron chi connectivity index (χ2n) is 5.29. The fraction of sp³-hybridized carbons (Fsp3) is 0.867. The van der Waals surface area contributed by atoms with Gasteiger partial charge >= 0.3 is 0 Å². The van der Waals surface area contributed by atoms with Crippen LogP contribution in [0, 0.1) is 23.7 Å². The Morgan fingerprint density at radius 3 is 1.60 bits per heavy atom. The van der Waals surface area contributed by atoms with Gasteiger partial charge in [-0.05, 0) is 11.8 Å². The van der Waals surface area contributed by atoms with Gasteiger partial charge in [-0.3, -0.25) is 9.63 Å². The molecule has 0 bridgehead atoms. The molecule has 0 aromatic rings. The average Bonchev–Trinajstić information content (AvgIpc) is 2.35. The highest BCUT2D eigenvalue weighted by Crippen LogP contribution is 2.11. The summed E-state index contributed by atoms with van der Waals surface area (Å²) in [5.74, 6) is 1.14. The predicted octanol–water partition coefficient (Wildman–Crippen LogP) is 3.52. The van der Waals surface area contributed by atoms with E-state index >= 15 is 0 Å². The van der Waals surface area contributed by atoms with Crippen LogP contribution in [0.3, 0.4) is 0 Å². The van der Waals surface area contributed by atoms with Gasteiger partial charge in [0, 0.05) is 18.9 Å². The van der Waals surface area contributed by atoms with E-state index in [1.807, 2.05) is 41.5 Å². The van der Waals surface area contributed by atoms with Crippen LogP contribution in [0.1, 0.15) is 49.0 Å². The zero-order valence-electron chi connectivity index (χ0n) is 13.6. The molecule has 0 rings (SSSR count). The molecule has 124 valence electrons. The zero-order valence-corrected chi connectivity index (χ0v) is 14.6. The fourth-order valence-electron chi connectivity index (χ4n) is 0.819. The smallest absolute Gasteiger partial charge is 0.248 e. The van der Waals surface area contributed by atoms with Gasteiger partial charge in [0.2, 0.25) is 5.91 Å². The summed E-state index contributed by atoms with van der Waals surface area (Å²) in [5.41, 5.74) is 0. The van der Waals surface area contributed by atoms with Gasteiger partial charge < -0.3 is 4.79 Å². The van der Waals surface area contributed by atoms with Crippen LogP contribution in [-0.2, 0) is 14.4 Å². The van der Waals surface area contributed by atoms with Crippen molar-refractivity contribution in [2.75, 3.05) is 14.2 Å². The number of rotatable bonds is 5. The molecule has 0 aromatic carbocycles. The maximum atomic E-state index is 11.3. The molecule has 4 nitrogen and oxygen atoms in total. The summed E-state index contributed by atoms with van der Waals surface area (Å²) in [6, 6.07) is 0. The summed E-state index contributed by atoms with van der Waals surface area (Å²) in [7, 11) is 3.12. The van der Waals surface area contributed by atoms with E-state index in [1.165, 1.54) is 12.2 Å². The summed E-state index contributed by atoms with van der Waals surface area (Å²) in [4.78, 5) is 26.0. The number of hydrogen-bond acceptors (Lipinski definition) is 3. The minimum absolute atomic E-state index is 0. The van der Waals surface area contributed by atoms with Crippen molar-refractivity contribution >= 4 is 25.7 Å². The van der Waals surface area contributed by atoms with Gasteiger partial charge in [0.25, 0.3) is 0 Å². The molecule has 0 aliphatic carbocycles. The van der Waals surface area contributed by atoms with Crippen LogP contribution in [0.2, 0.25) is 0 Å². The molecule has 0 aliphatic heterocycles. The van der Waals surface area contributed by atoms with E-state index in [1.54, 1.807) is 7.05 Å². The van der Waals surface area contributed by atoms with Crippen molar-refractivity contribution in [1.29, 1.82) is 0 Å². The summed E-state index contributed by atoms with van der Waals surface area (Å²) >= 11 is 0. The minimum atomic E-state index is 0. The zero-order chi connectivity index (χ0) is 14.9. The molecule has 0 heterocycles. The Kier molecular flexibility index (Phi) is 20.6. The van der Waals surface area contributed by atoms with Gasteiger partial charge in [0.1, 0.15) is 6.29 Å². The van der Waals surface area contributed by atoms with Crippen LogP contribution in [0.5, 0.6) is 0 Å². The van der Waals surface area contributed by atoms with Crippen LogP contribution in [-0.4, -0.2) is 31.4 Å². The van der Waals surface area contributed by atoms with Crippen molar-refractivity contribution in [3.8, 4) is 0 Å². The van der Waals surface area contributed by atoms with Crippen LogP contribution in [0.15, 0.2) is 0 Å². The molecule has 0 saturated carbocycles. The molecule has 1 amide bonds. The van der Waals surface area contributed by atoms with E-state index in [9.17, 15) is 9.59 Å². The van der Waals surface area contributed by atoms with Crippen molar-refractivity contribution in [3.05, 3.63) is 0 Å². The maximum Gasteiger partial charge on any atom is 0.248 e. The molecular formula is C15H35NO3S. The highest BCUT2D eigenvalue weighted by atomic mass is 32.1. The van der Waals surface area contributed by atoms with E-state index in [2.05, 4.69) is 0 Å². The highest BCUT2D eigenvalue weighted by molar-refractivity contribution is 7.59. The molecule has 0 fully saturated rings. The molecular weight excluding hydrogens is 274 g/mol. The summed E-state index contributed by atoms with van der Waals surface area (Å²) in [5, 5.41) is 1.27. The van der Waals surface area contributed by atoms with Gasteiger partial charge in [-0.15, -0.1) is 0 Å². The largest absolute Gasteiger partial charge is 0.303 e. The number of hydrogen-bond donors (Lipinski definition) is 0. The van der Waals surface area contributed by atoms with E-state index < -0.39 is 0 Å². The number of amides is 1. The number of carbonyl (C=O) groups is 2. The molecule has 2 atom stereocenters. The minimum Gasteiger partial charge on any atom is -0.303 e. The van der Waals surface area contributed by atoms with E-state index in [-0.39, 0.29) is 38.7 Å². The standard InChI is InChI=1S/C8H17NO2.C6H12O.CH4.H2S/c1-6(2)7(3)8(10)9(4)11-5;1-5(2)6(3)4-7;;/h6-7H,1-5H3;4-6H,1-3H3;1H4;1H2/t7-;6-;;/m01../s1. The lowest BCUT2D eigenvalue weighted by Crippen LogP contribution is -2.32. The maximum absolute atomic E-state index is 11.3. The summed E-state index contributed by atoms with van der Waals surface area (Å²) < 4.78 is 0. The van der Waals surface area contributed by atoms with E-state index in [0.717, 1.165) is 6.29 Å². The van der Waals surface area contributed by atoms with E-state index in [4.69, 9.17) is 4.84 Å². The van der Waals surface area contributed by atoms with Crippen molar-refractivity contribution in [3.63, 3.8) is 0 Å². The third kappa shape index (κ3) is 12.5. The van der Waals surface area contributed by atoms with Crippen molar-refractivity contribution in [1.82, 2.24) is 5.06 Å². The SMILES string of the molecule is C.CC(C)[C@H](C)C=O.CON(C)C(=O)[C@@H](C)C(C)C.S. The Labute approximate surface area is 132 Å². The lowest BCUT2D eigenvalue weighted by atomic mass is 9.97. The number of hydroxylamine groups is 2. The number of nitrogens with zero attached hydrogens (tertiary/aromatic N) is 1. The van der Waals surface area contributed by atoms with Crippen molar-refractivity contribution < 1.29 is 14.4 Å². The Morgan fingerprint density at radius 1 is 1.05 bits per heavy atom. The lowest BCUT2D eigenvalue weighted by molar-refractivity contribution is -0.174. The third-order valence-corrected chi connectivity index (χ3v) is 3.24. The first kappa shape index (κ1) is 27.7. The Morgan fingerprint density at radius 2 is 1.45 bits per heavy atom.